The van der Waals surface area contributed by atoms with E-state index in [2.05, 4.69) is 0 Å². The highest BCUT2D eigenvalue weighted by molar-refractivity contribution is 5.79. The number of ether oxygens (including phenoxy) is 1. The lowest BCUT2D eigenvalue weighted by atomic mass is 10.2. The van der Waals surface area contributed by atoms with Crippen molar-refractivity contribution in [1.82, 2.24) is 0 Å². The number of hydrogen-bond acceptors (Lipinski definition) is 2. The summed E-state index contributed by atoms with van der Waals surface area (Å²) in [7, 11) is 0. The third-order valence-corrected chi connectivity index (χ3v) is 1.57. The number of aldehydes is 1. The predicted octanol–water partition coefficient (Wildman–Crippen LogP) is 2.43. The van der Waals surface area contributed by atoms with Gasteiger partial charge in [0.15, 0.2) is 17.9 Å². The molecule has 0 bridgehead atoms. The molecule has 0 N–H and O–H groups in total. The molecule has 2 nitrogen and oxygen atoms in total. The molecule has 0 fully saturated rings. The van der Waals surface area contributed by atoms with Crippen molar-refractivity contribution < 1.29 is 13.9 Å². The van der Waals surface area contributed by atoms with E-state index in [0.29, 0.717) is 12.9 Å². The third kappa shape index (κ3) is 2.28. The van der Waals surface area contributed by atoms with Gasteiger partial charge in [0.2, 0.25) is 0 Å². The van der Waals surface area contributed by atoms with Crippen molar-refractivity contribution in [2.24, 2.45) is 0 Å². The summed E-state index contributed by atoms with van der Waals surface area (Å²) < 4.78 is 18.2. The summed E-state index contributed by atoms with van der Waals surface area (Å²) in [6, 6.07) is 4.29. The lowest BCUT2D eigenvalue weighted by molar-refractivity contribution is 0.111. The summed E-state index contributed by atoms with van der Waals surface area (Å²) in [5.74, 6) is -0.433. The Morgan fingerprint density at radius 2 is 2.31 bits per heavy atom. The van der Waals surface area contributed by atoms with E-state index in [0.717, 1.165) is 6.42 Å². The normalized spacial score (nSPS) is 9.69. The van der Waals surface area contributed by atoms with Gasteiger partial charge in [0, 0.05) is 0 Å². The van der Waals surface area contributed by atoms with Gasteiger partial charge >= 0.3 is 0 Å². The Kier molecular flexibility index (Phi) is 3.43. The number of carbonyl (C=O) groups is 1. The van der Waals surface area contributed by atoms with Crippen molar-refractivity contribution in [1.29, 1.82) is 0 Å². The standard InChI is InChI=1S/C10H11FO2/c1-2-6-13-10-8(7-12)4-3-5-9(10)11/h3-5,7H,2,6H2,1H3. The van der Waals surface area contributed by atoms with Crippen molar-refractivity contribution in [3.05, 3.63) is 29.6 Å². The lowest BCUT2D eigenvalue weighted by Crippen LogP contribution is -2.00. The molecule has 3 heteroatoms. The van der Waals surface area contributed by atoms with Crippen LogP contribution in [0.5, 0.6) is 5.75 Å². The molecule has 0 aromatic heterocycles. The van der Waals surface area contributed by atoms with E-state index in [1.807, 2.05) is 6.92 Å². The maximum absolute atomic E-state index is 13.1. The summed E-state index contributed by atoms with van der Waals surface area (Å²) >= 11 is 0. The Bertz CT molecular complexity index is 297. The molecule has 0 saturated carbocycles. The van der Waals surface area contributed by atoms with Crippen LogP contribution in [0, 0.1) is 5.82 Å². The van der Waals surface area contributed by atoms with Crippen LogP contribution < -0.4 is 4.74 Å². The number of para-hydroxylation sites is 1. The van der Waals surface area contributed by atoms with Gasteiger partial charge in [-0.05, 0) is 18.6 Å². The maximum atomic E-state index is 13.1. The monoisotopic (exact) mass is 182 g/mol. The molecule has 1 aromatic carbocycles. The first-order chi connectivity index (χ1) is 6.29. The molecule has 0 radical (unpaired) electrons. The average molecular weight is 182 g/mol. The van der Waals surface area contributed by atoms with Crippen LogP contribution in [-0.4, -0.2) is 12.9 Å². The molecule has 0 atom stereocenters. The van der Waals surface area contributed by atoms with Crippen molar-refractivity contribution in [3.8, 4) is 5.75 Å². The van der Waals surface area contributed by atoms with Crippen LogP contribution >= 0.6 is 0 Å². The molecule has 0 unspecified atom stereocenters. The summed E-state index contributed by atoms with van der Waals surface area (Å²) in [6.07, 6.45) is 1.38. The summed E-state index contributed by atoms with van der Waals surface area (Å²) in [4.78, 5) is 10.5. The van der Waals surface area contributed by atoms with E-state index in [-0.39, 0.29) is 11.3 Å². The fourth-order valence-corrected chi connectivity index (χ4v) is 0.975. The van der Waals surface area contributed by atoms with Crippen LogP contribution in [0.2, 0.25) is 0 Å². The van der Waals surface area contributed by atoms with E-state index in [4.69, 9.17) is 4.74 Å². The molecule has 0 heterocycles. The zero-order valence-corrected chi connectivity index (χ0v) is 7.42. The second-order valence-corrected chi connectivity index (χ2v) is 2.62. The number of halogens is 1. The summed E-state index contributed by atoms with van der Waals surface area (Å²) in [6.45, 7) is 2.34. The molecular weight excluding hydrogens is 171 g/mol. The fraction of sp³-hybridized carbons (Fsp3) is 0.300. The molecule has 1 rings (SSSR count). The predicted molar refractivity (Wildman–Crippen MR) is 47.6 cm³/mol. The second kappa shape index (κ2) is 4.60. The largest absolute Gasteiger partial charge is 0.490 e. The Hall–Kier alpha value is -1.38. The van der Waals surface area contributed by atoms with Gasteiger partial charge in [0.1, 0.15) is 0 Å². The second-order valence-electron chi connectivity index (χ2n) is 2.62. The van der Waals surface area contributed by atoms with E-state index in [9.17, 15) is 9.18 Å². The Balaban J connectivity index is 2.93. The molecule has 13 heavy (non-hydrogen) atoms. The van der Waals surface area contributed by atoms with Gasteiger partial charge in [-0.25, -0.2) is 4.39 Å². The zero-order chi connectivity index (χ0) is 9.68. The first-order valence-corrected chi connectivity index (χ1v) is 4.16. The molecule has 0 saturated heterocycles. The highest BCUT2D eigenvalue weighted by atomic mass is 19.1. The van der Waals surface area contributed by atoms with E-state index in [1.165, 1.54) is 18.2 Å². The minimum Gasteiger partial charge on any atom is -0.490 e. The van der Waals surface area contributed by atoms with Gasteiger partial charge in [-0.1, -0.05) is 13.0 Å². The SMILES string of the molecule is CCCOc1c(F)cccc1C=O. The van der Waals surface area contributed by atoms with Gasteiger partial charge in [0.05, 0.1) is 12.2 Å². The van der Waals surface area contributed by atoms with Crippen molar-refractivity contribution in [3.63, 3.8) is 0 Å². The average Bonchev–Trinajstić information content (AvgIpc) is 2.15. The molecule has 0 spiro atoms. The van der Waals surface area contributed by atoms with E-state index in [1.54, 1.807) is 0 Å². The van der Waals surface area contributed by atoms with Gasteiger partial charge in [-0.15, -0.1) is 0 Å². The first kappa shape index (κ1) is 9.71. The highest BCUT2D eigenvalue weighted by Crippen LogP contribution is 2.20. The summed E-state index contributed by atoms with van der Waals surface area (Å²) in [5, 5.41) is 0. The highest BCUT2D eigenvalue weighted by Gasteiger charge is 2.07. The minimum absolute atomic E-state index is 0.0550. The molecule has 0 amide bonds. The van der Waals surface area contributed by atoms with Crippen LogP contribution in [0.4, 0.5) is 4.39 Å². The van der Waals surface area contributed by atoms with Crippen molar-refractivity contribution in [2.75, 3.05) is 6.61 Å². The number of benzene rings is 1. The van der Waals surface area contributed by atoms with Crippen LogP contribution in [0.15, 0.2) is 18.2 Å². The van der Waals surface area contributed by atoms with Gasteiger partial charge in [-0.2, -0.15) is 0 Å². The number of carbonyl (C=O) groups excluding carboxylic acids is 1. The Labute approximate surface area is 76.3 Å². The maximum Gasteiger partial charge on any atom is 0.165 e. The molecule has 70 valence electrons. The Morgan fingerprint density at radius 3 is 2.92 bits per heavy atom. The first-order valence-electron chi connectivity index (χ1n) is 4.16. The third-order valence-electron chi connectivity index (χ3n) is 1.57. The fourth-order valence-electron chi connectivity index (χ4n) is 0.975. The molecule has 0 aliphatic rings. The van der Waals surface area contributed by atoms with E-state index < -0.39 is 5.82 Å². The van der Waals surface area contributed by atoms with Gasteiger partial charge in [-0.3, -0.25) is 4.79 Å². The molecule has 0 aliphatic carbocycles. The molecular formula is C10H11FO2. The number of rotatable bonds is 4. The van der Waals surface area contributed by atoms with Crippen LogP contribution in [-0.2, 0) is 0 Å². The Morgan fingerprint density at radius 1 is 1.54 bits per heavy atom. The lowest BCUT2D eigenvalue weighted by Gasteiger charge is -2.07. The smallest absolute Gasteiger partial charge is 0.165 e. The topological polar surface area (TPSA) is 26.3 Å². The number of hydrogen-bond donors (Lipinski definition) is 0. The molecule has 0 aliphatic heterocycles. The minimum atomic E-state index is -0.488. The van der Waals surface area contributed by atoms with Crippen molar-refractivity contribution in [2.45, 2.75) is 13.3 Å². The van der Waals surface area contributed by atoms with Gasteiger partial charge < -0.3 is 4.74 Å². The quantitative estimate of drug-likeness (QED) is 0.668. The van der Waals surface area contributed by atoms with Gasteiger partial charge in [0.25, 0.3) is 0 Å². The zero-order valence-electron chi connectivity index (χ0n) is 7.42. The van der Waals surface area contributed by atoms with Crippen LogP contribution in [0.3, 0.4) is 0 Å². The van der Waals surface area contributed by atoms with Crippen LogP contribution in [0.1, 0.15) is 23.7 Å². The molecule has 1 aromatic rings. The van der Waals surface area contributed by atoms with Crippen molar-refractivity contribution >= 4 is 6.29 Å². The summed E-state index contributed by atoms with van der Waals surface area (Å²) in [5.41, 5.74) is 0.258. The van der Waals surface area contributed by atoms with Crippen LogP contribution in [0.25, 0.3) is 0 Å². The van der Waals surface area contributed by atoms with E-state index >= 15 is 0 Å².